The second kappa shape index (κ2) is 2.48. The van der Waals surface area contributed by atoms with Gasteiger partial charge in [0.25, 0.3) is 0 Å². The molecule has 0 aliphatic rings. The molecule has 0 aromatic carbocycles. The van der Waals surface area contributed by atoms with E-state index >= 15 is 0 Å². The van der Waals surface area contributed by atoms with Gasteiger partial charge >= 0.3 is 63.9 Å². The van der Waals surface area contributed by atoms with Crippen LogP contribution in [-0.4, -0.2) is 0 Å². The molecule has 0 saturated heterocycles. The van der Waals surface area contributed by atoms with Gasteiger partial charge in [0.1, 0.15) is 0 Å². The molecule has 12 heavy (non-hydrogen) atoms. The summed E-state index contributed by atoms with van der Waals surface area (Å²) in [5, 5.41) is 0. The summed E-state index contributed by atoms with van der Waals surface area (Å²) in [5.41, 5.74) is 0. The molecule has 0 amide bonds. The second-order valence-corrected chi connectivity index (χ2v) is 10.5. The molecule has 0 aromatic heterocycles. The van der Waals surface area contributed by atoms with Crippen LogP contribution in [0.3, 0.4) is 0 Å². The van der Waals surface area contributed by atoms with Crippen LogP contribution in [0.4, 0.5) is 0 Å². The molecule has 0 radical (unpaired) electrons. The predicted octanol–water partition coefficient (Wildman–Crippen LogP) is -1.19. The standard InChI is InChI=1S/Nb.10O.Ta. The first-order valence-electron chi connectivity index (χ1n) is 1.83. The van der Waals surface area contributed by atoms with Crippen LogP contribution in [0.25, 0.3) is 0 Å². The van der Waals surface area contributed by atoms with E-state index in [-0.39, 0.29) is 0 Å². The molecule has 0 bridgehead atoms. The van der Waals surface area contributed by atoms with E-state index in [4.69, 9.17) is 32.5 Å². The van der Waals surface area contributed by atoms with Gasteiger partial charge in [0, 0.05) is 0 Å². The van der Waals surface area contributed by atoms with Crippen LogP contribution in [0.5, 0.6) is 0 Å². The first-order valence-corrected chi connectivity index (χ1v) is 12.9. The van der Waals surface area contributed by atoms with E-state index in [1.165, 1.54) is 0 Å². The first kappa shape index (κ1) is 14.0. The second-order valence-electron chi connectivity index (χ2n) is 1.49. The van der Waals surface area contributed by atoms with Crippen LogP contribution in [0.1, 0.15) is 0 Å². The quantitative estimate of drug-likeness (QED) is 0.422. The fourth-order valence-electron chi connectivity index (χ4n) is 0. The molecule has 0 unspecified atom stereocenters. The molecule has 0 rings (SSSR count). The molecular weight excluding hydrogens is 434 g/mol. The van der Waals surface area contributed by atoms with Gasteiger partial charge in [-0.25, -0.2) is 0 Å². The monoisotopic (exact) mass is 434 g/mol. The summed E-state index contributed by atoms with van der Waals surface area (Å²) >= 11 is -16.0. The normalized spacial score (nSPS) is 10.0. The third kappa shape index (κ3) is 2530. The average Bonchev–Trinajstić information content (AvgIpc) is 1.02. The molecule has 0 aliphatic heterocycles. The van der Waals surface area contributed by atoms with Crippen molar-refractivity contribution in [3.8, 4) is 0 Å². The summed E-state index contributed by atoms with van der Waals surface area (Å²) in [6.45, 7) is 0. The van der Waals surface area contributed by atoms with Gasteiger partial charge in [0.05, 0.1) is 0 Å². The van der Waals surface area contributed by atoms with Gasteiger partial charge in [-0.1, -0.05) is 0 Å². The molecule has 0 aromatic rings. The van der Waals surface area contributed by atoms with Crippen molar-refractivity contribution in [1.29, 1.82) is 0 Å². The molecule has 12 heteroatoms. The number of hydrogen-bond donors (Lipinski definition) is 0. The molecular formula is NbO10Ta. The van der Waals surface area contributed by atoms with E-state index in [0.29, 0.717) is 0 Å². The van der Waals surface area contributed by atoms with Gasteiger partial charge in [0.2, 0.25) is 0 Å². The summed E-state index contributed by atoms with van der Waals surface area (Å²) in [6, 6.07) is 0. The Hall–Kier alpha value is -0.519. The molecule has 0 heterocycles. The van der Waals surface area contributed by atoms with Gasteiger partial charge in [0.15, 0.2) is 0 Å². The molecule has 0 fully saturated rings. The van der Waals surface area contributed by atoms with Crippen molar-refractivity contribution < 1.29 is 63.9 Å². The average molecular weight is 434 g/mol. The van der Waals surface area contributed by atoms with E-state index in [0.717, 1.165) is 0 Å². The molecule has 0 aliphatic carbocycles. The molecule has 70 valence electrons. The van der Waals surface area contributed by atoms with Gasteiger partial charge in [-0.15, -0.1) is 0 Å². The van der Waals surface area contributed by atoms with Crippen LogP contribution < -0.4 is 0 Å². The van der Waals surface area contributed by atoms with Gasteiger partial charge < -0.3 is 0 Å². The zero-order chi connectivity index (χ0) is 10.9. The number of hydrogen-bond acceptors (Lipinski definition) is 10. The Kier molecular flexibility index (Phi) is 2.90. The summed E-state index contributed by atoms with van der Waals surface area (Å²) in [4.78, 5) is 0. The summed E-state index contributed by atoms with van der Waals surface area (Å²) < 4.78 is 86.7. The van der Waals surface area contributed by atoms with Crippen molar-refractivity contribution in [3.05, 3.63) is 0 Å². The first-order chi connectivity index (χ1) is 4.47. The SMILES string of the molecule is [O]=[Nb](=[O])(=[O])(=[O])=[O].[O]=[Ta](=[O])(=[O])(=[O])=[O]. The fourth-order valence-corrected chi connectivity index (χ4v) is 0. The maximum absolute atomic E-state index is 8.67. The van der Waals surface area contributed by atoms with Crippen molar-refractivity contribution in [1.82, 2.24) is 0 Å². The van der Waals surface area contributed by atoms with E-state index in [2.05, 4.69) is 0 Å². The van der Waals surface area contributed by atoms with Crippen molar-refractivity contribution in [2.75, 3.05) is 0 Å². The van der Waals surface area contributed by atoms with Crippen molar-refractivity contribution in [2.24, 2.45) is 0 Å². The van der Waals surface area contributed by atoms with Gasteiger partial charge in [-0.3, -0.25) is 0 Å². The zero-order valence-electron chi connectivity index (χ0n) is 4.98. The third-order valence-electron chi connectivity index (χ3n) is 0. The third-order valence-corrected chi connectivity index (χ3v) is 0. The molecule has 0 N–H and O–H groups in total. The molecule has 0 spiro atoms. The predicted molar refractivity (Wildman–Crippen MR) is 6.86 cm³/mol. The summed E-state index contributed by atoms with van der Waals surface area (Å²) in [6.07, 6.45) is 0. The van der Waals surface area contributed by atoms with E-state index in [1.54, 1.807) is 0 Å². The maximum atomic E-state index is 8.67. The van der Waals surface area contributed by atoms with Crippen molar-refractivity contribution in [2.45, 2.75) is 0 Å². The topological polar surface area (TPSA) is 171 Å². The molecule has 0 saturated carbocycles. The molecule has 0 atom stereocenters. The van der Waals surface area contributed by atoms with Crippen LogP contribution in [0.2, 0.25) is 0 Å². The Morgan fingerprint density at radius 1 is 0.583 bits per heavy atom. The summed E-state index contributed by atoms with van der Waals surface area (Å²) in [5.74, 6) is 0. The Balaban J connectivity index is 0. The van der Waals surface area contributed by atoms with E-state index in [9.17, 15) is 0 Å². The molecule has 10 nitrogen and oxygen atoms in total. The Morgan fingerprint density at radius 2 is 0.583 bits per heavy atom. The van der Waals surface area contributed by atoms with Crippen molar-refractivity contribution >= 4 is 0 Å². The summed E-state index contributed by atoms with van der Waals surface area (Å²) in [7, 11) is 0. The van der Waals surface area contributed by atoms with Crippen LogP contribution >= 0.6 is 0 Å². The Labute approximate surface area is 63.8 Å². The number of rotatable bonds is 0. The van der Waals surface area contributed by atoms with Gasteiger partial charge in [-0.2, -0.15) is 0 Å². The fraction of sp³-hybridized carbons (Fsp3) is 0. The van der Waals surface area contributed by atoms with Crippen LogP contribution in [0, 0.1) is 0 Å². The Morgan fingerprint density at radius 3 is 0.583 bits per heavy atom. The van der Waals surface area contributed by atoms with Crippen LogP contribution in [0.15, 0.2) is 0 Å². The zero-order valence-corrected chi connectivity index (χ0v) is 10.4. The van der Waals surface area contributed by atoms with Gasteiger partial charge in [-0.05, 0) is 0 Å². The van der Waals surface area contributed by atoms with Crippen molar-refractivity contribution in [3.63, 3.8) is 0 Å². The van der Waals surface area contributed by atoms with E-state index in [1.807, 2.05) is 0 Å². The Bertz CT molecular complexity index is 639. The minimum atomic E-state index is -8.05. The van der Waals surface area contributed by atoms with Crippen LogP contribution in [-0.2, 0) is 63.9 Å². The van der Waals surface area contributed by atoms with E-state index < -0.39 is 31.4 Å². The minimum absolute atomic E-state index is 7.94.